The molecule has 0 aliphatic heterocycles. The van der Waals surface area contributed by atoms with E-state index in [9.17, 15) is 4.79 Å². The van der Waals surface area contributed by atoms with Crippen molar-refractivity contribution in [2.45, 2.75) is 13.3 Å². The summed E-state index contributed by atoms with van der Waals surface area (Å²) >= 11 is 0. The molecule has 0 saturated heterocycles. The fourth-order valence-electron chi connectivity index (χ4n) is 1.19. The highest BCUT2D eigenvalue weighted by atomic mass is 16.5. The molecule has 1 aromatic carbocycles. The van der Waals surface area contributed by atoms with E-state index in [2.05, 4.69) is 6.58 Å². The van der Waals surface area contributed by atoms with Gasteiger partial charge in [0.1, 0.15) is 6.61 Å². The predicted molar refractivity (Wildman–Crippen MR) is 56.0 cm³/mol. The Morgan fingerprint density at radius 2 is 2.36 bits per heavy atom. The van der Waals surface area contributed by atoms with Gasteiger partial charge in [0.05, 0.1) is 6.42 Å². The standard InChI is InChI=1S/C12H14O2/c1-3-7-14-12(13)9-11-6-4-5-10(2)8-11/h3-6,8H,1,7,9H2,2H3. The quantitative estimate of drug-likeness (QED) is 0.537. The maximum absolute atomic E-state index is 11.2. The van der Waals surface area contributed by atoms with Gasteiger partial charge >= 0.3 is 5.97 Å². The van der Waals surface area contributed by atoms with Gasteiger partial charge in [0.2, 0.25) is 0 Å². The van der Waals surface area contributed by atoms with Crippen LogP contribution in [0.15, 0.2) is 36.9 Å². The Hall–Kier alpha value is -1.57. The van der Waals surface area contributed by atoms with Crippen LogP contribution in [-0.2, 0) is 16.0 Å². The Balaban J connectivity index is 2.51. The summed E-state index contributed by atoms with van der Waals surface area (Å²) in [5, 5.41) is 0. The van der Waals surface area contributed by atoms with E-state index < -0.39 is 0 Å². The summed E-state index contributed by atoms with van der Waals surface area (Å²) in [5.74, 6) is -0.212. The minimum Gasteiger partial charge on any atom is -0.461 e. The first kappa shape index (κ1) is 10.5. The van der Waals surface area contributed by atoms with Crippen molar-refractivity contribution in [2.75, 3.05) is 6.61 Å². The summed E-state index contributed by atoms with van der Waals surface area (Å²) < 4.78 is 4.88. The number of carbonyl (C=O) groups is 1. The van der Waals surface area contributed by atoms with E-state index in [-0.39, 0.29) is 12.6 Å². The molecule has 0 heterocycles. The van der Waals surface area contributed by atoms with Crippen molar-refractivity contribution in [3.63, 3.8) is 0 Å². The molecular weight excluding hydrogens is 176 g/mol. The lowest BCUT2D eigenvalue weighted by Crippen LogP contribution is -2.07. The van der Waals surface area contributed by atoms with E-state index >= 15 is 0 Å². The summed E-state index contributed by atoms with van der Waals surface area (Å²) in [6.45, 7) is 5.76. The lowest BCUT2D eigenvalue weighted by atomic mass is 10.1. The largest absolute Gasteiger partial charge is 0.461 e. The highest BCUT2D eigenvalue weighted by molar-refractivity contribution is 5.72. The van der Waals surface area contributed by atoms with E-state index in [4.69, 9.17) is 4.74 Å². The summed E-state index contributed by atoms with van der Waals surface area (Å²) in [6, 6.07) is 7.83. The number of esters is 1. The highest BCUT2D eigenvalue weighted by Crippen LogP contribution is 2.05. The average molecular weight is 190 g/mol. The van der Waals surface area contributed by atoms with Gasteiger partial charge in [-0.3, -0.25) is 4.79 Å². The van der Waals surface area contributed by atoms with Gasteiger partial charge in [-0.2, -0.15) is 0 Å². The van der Waals surface area contributed by atoms with Gasteiger partial charge in [0, 0.05) is 0 Å². The van der Waals surface area contributed by atoms with E-state index in [0.717, 1.165) is 11.1 Å². The molecular formula is C12H14O2. The van der Waals surface area contributed by atoms with Crippen LogP contribution in [0.3, 0.4) is 0 Å². The normalized spacial score (nSPS) is 9.50. The first-order chi connectivity index (χ1) is 6.72. The third-order valence-corrected chi connectivity index (χ3v) is 1.79. The van der Waals surface area contributed by atoms with Crippen molar-refractivity contribution >= 4 is 5.97 Å². The molecule has 2 heteroatoms. The highest BCUT2D eigenvalue weighted by Gasteiger charge is 2.03. The molecule has 0 N–H and O–H groups in total. The maximum atomic E-state index is 11.2. The van der Waals surface area contributed by atoms with Crippen molar-refractivity contribution in [3.05, 3.63) is 48.0 Å². The van der Waals surface area contributed by atoms with E-state index in [1.165, 1.54) is 0 Å². The predicted octanol–water partition coefficient (Wildman–Crippen LogP) is 2.27. The van der Waals surface area contributed by atoms with Gasteiger partial charge in [-0.15, -0.1) is 0 Å². The molecule has 0 aliphatic rings. The molecule has 0 spiro atoms. The molecule has 0 radical (unpaired) electrons. The molecule has 0 aliphatic carbocycles. The van der Waals surface area contributed by atoms with Crippen LogP contribution in [0.25, 0.3) is 0 Å². The average Bonchev–Trinajstić information content (AvgIpc) is 2.15. The van der Waals surface area contributed by atoms with Crippen LogP contribution in [0.5, 0.6) is 0 Å². The Morgan fingerprint density at radius 3 is 3.00 bits per heavy atom. The number of aryl methyl sites for hydroxylation is 1. The number of ether oxygens (including phenoxy) is 1. The molecule has 0 amide bonds. The summed E-state index contributed by atoms with van der Waals surface area (Å²) in [4.78, 5) is 11.2. The molecule has 14 heavy (non-hydrogen) atoms. The molecule has 0 bridgehead atoms. The second-order valence-corrected chi connectivity index (χ2v) is 3.14. The Labute approximate surface area is 84.2 Å². The van der Waals surface area contributed by atoms with Crippen LogP contribution in [-0.4, -0.2) is 12.6 Å². The number of hydrogen-bond donors (Lipinski definition) is 0. The molecule has 0 saturated carbocycles. The van der Waals surface area contributed by atoms with Gasteiger partial charge in [-0.05, 0) is 12.5 Å². The van der Waals surface area contributed by atoms with Crippen molar-refractivity contribution in [2.24, 2.45) is 0 Å². The molecule has 0 fully saturated rings. The van der Waals surface area contributed by atoms with Gasteiger partial charge in [-0.25, -0.2) is 0 Å². The van der Waals surface area contributed by atoms with Crippen LogP contribution in [0.1, 0.15) is 11.1 Å². The summed E-state index contributed by atoms with van der Waals surface area (Å²) in [7, 11) is 0. The van der Waals surface area contributed by atoms with Crippen molar-refractivity contribution < 1.29 is 9.53 Å². The molecule has 0 atom stereocenters. The van der Waals surface area contributed by atoms with E-state index in [0.29, 0.717) is 6.42 Å². The maximum Gasteiger partial charge on any atom is 0.310 e. The fourth-order valence-corrected chi connectivity index (χ4v) is 1.19. The number of benzene rings is 1. The number of hydrogen-bond acceptors (Lipinski definition) is 2. The van der Waals surface area contributed by atoms with Crippen LogP contribution in [0.2, 0.25) is 0 Å². The van der Waals surface area contributed by atoms with Gasteiger partial charge in [-0.1, -0.05) is 42.5 Å². The van der Waals surface area contributed by atoms with E-state index in [1.807, 2.05) is 31.2 Å². The molecule has 2 nitrogen and oxygen atoms in total. The summed E-state index contributed by atoms with van der Waals surface area (Å²) in [6.07, 6.45) is 1.89. The van der Waals surface area contributed by atoms with Crippen LogP contribution in [0, 0.1) is 6.92 Å². The Kier molecular flexibility index (Phi) is 3.92. The Bertz CT molecular complexity index is 329. The number of rotatable bonds is 4. The lowest BCUT2D eigenvalue weighted by molar-refractivity contribution is -0.141. The van der Waals surface area contributed by atoms with Gasteiger partial charge < -0.3 is 4.74 Å². The van der Waals surface area contributed by atoms with Crippen molar-refractivity contribution in [1.29, 1.82) is 0 Å². The monoisotopic (exact) mass is 190 g/mol. The smallest absolute Gasteiger partial charge is 0.310 e. The molecule has 0 unspecified atom stereocenters. The van der Waals surface area contributed by atoms with Crippen LogP contribution >= 0.6 is 0 Å². The zero-order valence-electron chi connectivity index (χ0n) is 8.32. The topological polar surface area (TPSA) is 26.3 Å². The van der Waals surface area contributed by atoms with Crippen molar-refractivity contribution in [3.8, 4) is 0 Å². The fraction of sp³-hybridized carbons (Fsp3) is 0.250. The third kappa shape index (κ3) is 3.44. The van der Waals surface area contributed by atoms with Gasteiger partial charge in [0.25, 0.3) is 0 Å². The van der Waals surface area contributed by atoms with E-state index in [1.54, 1.807) is 6.08 Å². The first-order valence-corrected chi connectivity index (χ1v) is 4.54. The molecule has 0 aromatic heterocycles. The lowest BCUT2D eigenvalue weighted by Gasteiger charge is -2.02. The molecule has 1 rings (SSSR count). The Morgan fingerprint density at radius 1 is 1.57 bits per heavy atom. The third-order valence-electron chi connectivity index (χ3n) is 1.79. The second kappa shape index (κ2) is 5.22. The minimum absolute atomic E-state index is 0.212. The number of carbonyl (C=O) groups excluding carboxylic acids is 1. The van der Waals surface area contributed by atoms with Crippen LogP contribution < -0.4 is 0 Å². The zero-order chi connectivity index (χ0) is 10.4. The second-order valence-electron chi connectivity index (χ2n) is 3.14. The molecule has 1 aromatic rings. The SMILES string of the molecule is C=CCOC(=O)Cc1cccc(C)c1. The first-order valence-electron chi connectivity index (χ1n) is 4.54. The zero-order valence-corrected chi connectivity index (χ0v) is 8.32. The molecule has 74 valence electrons. The minimum atomic E-state index is -0.212. The van der Waals surface area contributed by atoms with Crippen molar-refractivity contribution in [1.82, 2.24) is 0 Å². The van der Waals surface area contributed by atoms with Crippen LogP contribution in [0.4, 0.5) is 0 Å². The summed E-state index contributed by atoms with van der Waals surface area (Å²) in [5.41, 5.74) is 2.14. The van der Waals surface area contributed by atoms with Gasteiger partial charge in [0.15, 0.2) is 0 Å².